The molecule has 1 aromatic rings. The topological polar surface area (TPSA) is 29.1 Å². The number of amides is 1. The van der Waals surface area contributed by atoms with Crippen LogP contribution in [0.15, 0.2) is 24.3 Å². The van der Waals surface area contributed by atoms with Crippen molar-refractivity contribution < 1.29 is 9.18 Å². The lowest BCUT2D eigenvalue weighted by Gasteiger charge is -2.11. The predicted octanol–water partition coefficient (Wildman–Crippen LogP) is 2.81. The molecular formula is C9H7Cl3FNO. The van der Waals surface area contributed by atoms with Gasteiger partial charge >= 0.3 is 0 Å². The molecule has 1 N–H and O–H groups in total. The molecule has 0 saturated heterocycles. The van der Waals surface area contributed by atoms with Gasteiger partial charge in [-0.15, -0.1) is 0 Å². The SMILES string of the molecule is O=C(NCc1ccc(F)cc1)C(Cl)(Cl)Cl. The van der Waals surface area contributed by atoms with E-state index in [0.29, 0.717) is 0 Å². The lowest BCUT2D eigenvalue weighted by atomic mass is 10.2. The third kappa shape index (κ3) is 4.24. The van der Waals surface area contributed by atoms with Crippen LogP contribution in [0.25, 0.3) is 0 Å². The summed E-state index contributed by atoms with van der Waals surface area (Å²) in [5.41, 5.74) is 0.721. The first kappa shape index (κ1) is 12.6. The Morgan fingerprint density at radius 1 is 1.27 bits per heavy atom. The van der Waals surface area contributed by atoms with E-state index in [-0.39, 0.29) is 12.4 Å². The summed E-state index contributed by atoms with van der Waals surface area (Å²) in [5.74, 6) is -1.05. The molecule has 0 atom stereocenters. The van der Waals surface area contributed by atoms with Crippen LogP contribution in [0.2, 0.25) is 0 Å². The number of hydrogen-bond acceptors (Lipinski definition) is 1. The Balaban J connectivity index is 2.51. The van der Waals surface area contributed by atoms with Crippen LogP contribution in [0.5, 0.6) is 0 Å². The lowest BCUT2D eigenvalue weighted by Crippen LogP contribution is -2.33. The Hall–Kier alpha value is -0.510. The summed E-state index contributed by atoms with van der Waals surface area (Å²) >= 11 is 16.0. The van der Waals surface area contributed by atoms with Crippen molar-refractivity contribution in [1.82, 2.24) is 5.32 Å². The smallest absolute Gasteiger partial charge is 0.272 e. The van der Waals surface area contributed by atoms with Gasteiger partial charge in [0.1, 0.15) is 5.82 Å². The number of halogens is 4. The molecule has 1 aromatic carbocycles. The van der Waals surface area contributed by atoms with E-state index >= 15 is 0 Å². The van der Waals surface area contributed by atoms with Crippen LogP contribution in [-0.4, -0.2) is 9.70 Å². The minimum Gasteiger partial charge on any atom is -0.348 e. The summed E-state index contributed by atoms with van der Waals surface area (Å²) in [6, 6.07) is 5.65. The van der Waals surface area contributed by atoms with Gasteiger partial charge in [-0.2, -0.15) is 0 Å². The van der Waals surface area contributed by atoms with E-state index in [4.69, 9.17) is 34.8 Å². The molecule has 0 radical (unpaired) electrons. The van der Waals surface area contributed by atoms with Gasteiger partial charge in [0.05, 0.1) is 0 Å². The van der Waals surface area contributed by atoms with Gasteiger partial charge in [-0.3, -0.25) is 4.79 Å². The number of nitrogens with one attached hydrogen (secondary N) is 1. The largest absolute Gasteiger partial charge is 0.348 e. The first-order chi connectivity index (χ1) is 6.89. The van der Waals surface area contributed by atoms with Crippen molar-refractivity contribution in [2.75, 3.05) is 0 Å². The van der Waals surface area contributed by atoms with E-state index in [0.717, 1.165) is 5.56 Å². The van der Waals surface area contributed by atoms with Gasteiger partial charge in [-0.25, -0.2) is 4.39 Å². The molecule has 0 bridgehead atoms. The Morgan fingerprint density at radius 3 is 2.27 bits per heavy atom. The molecule has 1 rings (SSSR count). The second-order valence-corrected chi connectivity index (χ2v) is 5.09. The van der Waals surface area contributed by atoms with Gasteiger partial charge < -0.3 is 5.32 Å². The summed E-state index contributed by atoms with van der Waals surface area (Å²) in [7, 11) is 0. The molecular weight excluding hydrogens is 263 g/mol. The first-order valence-corrected chi connectivity index (χ1v) is 5.12. The van der Waals surface area contributed by atoms with Crippen molar-refractivity contribution >= 4 is 40.7 Å². The van der Waals surface area contributed by atoms with Crippen molar-refractivity contribution in [3.8, 4) is 0 Å². The number of hydrogen-bond donors (Lipinski definition) is 1. The Kier molecular flexibility index (Phi) is 4.20. The van der Waals surface area contributed by atoms with Crippen molar-refractivity contribution in [2.24, 2.45) is 0 Å². The summed E-state index contributed by atoms with van der Waals surface area (Å²) in [5, 5.41) is 2.40. The summed E-state index contributed by atoms with van der Waals surface area (Å²) in [4.78, 5) is 11.1. The van der Waals surface area contributed by atoms with E-state index in [2.05, 4.69) is 5.32 Å². The maximum atomic E-state index is 12.5. The first-order valence-electron chi connectivity index (χ1n) is 3.99. The van der Waals surface area contributed by atoms with Gasteiger partial charge in [0.2, 0.25) is 0 Å². The summed E-state index contributed by atoms with van der Waals surface area (Å²) < 4.78 is 10.6. The number of carbonyl (C=O) groups excluding carboxylic acids is 1. The molecule has 0 aliphatic carbocycles. The van der Waals surface area contributed by atoms with Crippen LogP contribution in [0.3, 0.4) is 0 Å². The Bertz CT molecular complexity index is 347. The molecule has 6 heteroatoms. The number of carbonyl (C=O) groups is 1. The second kappa shape index (κ2) is 5.01. The highest BCUT2D eigenvalue weighted by Crippen LogP contribution is 2.25. The summed E-state index contributed by atoms with van der Waals surface area (Å²) in [6.45, 7) is 0.188. The van der Waals surface area contributed by atoms with Gasteiger partial charge in [0, 0.05) is 6.54 Å². The maximum Gasteiger partial charge on any atom is 0.272 e. The molecule has 0 aliphatic heterocycles. The molecule has 0 spiro atoms. The molecule has 0 saturated carbocycles. The van der Waals surface area contributed by atoms with E-state index in [1.807, 2.05) is 0 Å². The average molecular weight is 271 g/mol. The third-order valence-corrected chi connectivity index (χ3v) is 2.14. The van der Waals surface area contributed by atoms with Crippen molar-refractivity contribution in [3.63, 3.8) is 0 Å². The van der Waals surface area contributed by atoms with Crippen LogP contribution in [0, 0.1) is 5.82 Å². The molecule has 15 heavy (non-hydrogen) atoms. The van der Waals surface area contributed by atoms with Crippen LogP contribution in [-0.2, 0) is 11.3 Å². The molecule has 0 unspecified atom stereocenters. The summed E-state index contributed by atoms with van der Waals surface area (Å²) in [6.07, 6.45) is 0. The zero-order valence-corrected chi connectivity index (χ0v) is 9.70. The minimum absolute atomic E-state index is 0.188. The van der Waals surface area contributed by atoms with Gasteiger partial charge in [-0.1, -0.05) is 46.9 Å². The second-order valence-electron chi connectivity index (χ2n) is 2.81. The standard InChI is InChI=1S/C9H7Cl3FNO/c10-9(11,12)8(15)14-5-6-1-3-7(13)4-2-6/h1-4H,5H2,(H,14,15). The number of alkyl halides is 3. The van der Waals surface area contributed by atoms with Crippen LogP contribution < -0.4 is 5.32 Å². The van der Waals surface area contributed by atoms with E-state index < -0.39 is 9.70 Å². The lowest BCUT2D eigenvalue weighted by molar-refractivity contribution is -0.120. The zero-order chi connectivity index (χ0) is 11.5. The van der Waals surface area contributed by atoms with Crippen molar-refractivity contribution in [3.05, 3.63) is 35.6 Å². The van der Waals surface area contributed by atoms with Crippen LogP contribution in [0.4, 0.5) is 4.39 Å². The highest BCUT2D eigenvalue weighted by molar-refractivity contribution is 6.76. The zero-order valence-electron chi connectivity index (χ0n) is 7.44. The van der Waals surface area contributed by atoms with Gasteiger partial charge in [0.25, 0.3) is 9.70 Å². The highest BCUT2D eigenvalue weighted by Gasteiger charge is 2.29. The van der Waals surface area contributed by atoms with E-state index in [1.165, 1.54) is 24.3 Å². The molecule has 0 aliphatic rings. The number of rotatable bonds is 2. The molecule has 0 aromatic heterocycles. The van der Waals surface area contributed by atoms with Gasteiger partial charge in [-0.05, 0) is 17.7 Å². The quantitative estimate of drug-likeness (QED) is 0.823. The highest BCUT2D eigenvalue weighted by atomic mass is 35.6. The van der Waals surface area contributed by atoms with Crippen molar-refractivity contribution in [2.45, 2.75) is 10.3 Å². The minimum atomic E-state index is -1.97. The van der Waals surface area contributed by atoms with Gasteiger partial charge in [0.15, 0.2) is 0 Å². The van der Waals surface area contributed by atoms with Crippen molar-refractivity contribution in [1.29, 1.82) is 0 Å². The number of benzene rings is 1. The monoisotopic (exact) mass is 269 g/mol. The Labute approximate surface area is 101 Å². The Morgan fingerprint density at radius 2 is 1.80 bits per heavy atom. The molecule has 0 heterocycles. The van der Waals surface area contributed by atoms with E-state index in [1.54, 1.807) is 0 Å². The fourth-order valence-corrected chi connectivity index (χ4v) is 1.09. The van der Waals surface area contributed by atoms with Crippen LogP contribution >= 0.6 is 34.8 Å². The molecule has 2 nitrogen and oxygen atoms in total. The molecule has 1 amide bonds. The fraction of sp³-hybridized carbons (Fsp3) is 0.222. The fourth-order valence-electron chi connectivity index (χ4n) is 0.885. The maximum absolute atomic E-state index is 12.5. The molecule has 82 valence electrons. The molecule has 0 fully saturated rings. The predicted molar refractivity (Wildman–Crippen MR) is 58.5 cm³/mol. The third-order valence-electron chi connectivity index (χ3n) is 1.62. The van der Waals surface area contributed by atoms with Crippen LogP contribution in [0.1, 0.15) is 5.56 Å². The normalized spacial score (nSPS) is 11.2. The average Bonchev–Trinajstić information content (AvgIpc) is 2.15. The van der Waals surface area contributed by atoms with E-state index in [9.17, 15) is 9.18 Å².